The van der Waals surface area contributed by atoms with Crippen molar-refractivity contribution >= 4 is 29.9 Å². The van der Waals surface area contributed by atoms with E-state index >= 15 is 0 Å². The molecule has 1 heterocycles. The standard InChI is InChI=1S/C24H34N4O3.HI/c1-19-5-4-6-22(17-19)31-14-11-26-24(25-2)27-18-23(28-12-15-30-16-13-28)20-7-9-21(29-3)10-8-20;/h4-10,17,23H,11-16,18H2,1-3H3,(H2,25,26,27);1H. The van der Waals surface area contributed by atoms with Gasteiger partial charge in [0.15, 0.2) is 5.96 Å². The Hall–Kier alpha value is -2.04. The first-order valence-electron chi connectivity index (χ1n) is 10.8. The molecule has 1 unspecified atom stereocenters. The maximum absolute atomic E-state index is 5.81. The number of hydrogen-bond acceptors (Lipinski definition) is 5. The molecule has 1 fully saturated rings. The highest BCUT2D eigenvalue weighted by Crippen LogP contribution is 2.23. The number of hydrogen-bond donors (Lipinski definition) is 2. The van der Waals surface area contributed by atoms with E-state index < -0.39 is 0 Å². The second-order valence-corrected chi connectivity index (χ2v) is 7.48. The maximum atomic E-state index is 5.81. The molecule has 3 rings (SSSR count). The van der Waals surface area contributed by atoms with E-state index in [0.717, 1.165) is 50.3 Å². The number of ether oxygens (including phenoxy) is 3. The van der Waals surface area contributed by atoms with Crippen molar-refractivity contribution in [2.75, 3.05) is 60.2 Å². The van der Waals surface area contributed by atoms with Crippen LogP contribution in [0.3, 0.4) is 0 Å². The lowest BCUT2D eigenvalue weighted by molar-refractivity contribution is 0.0170. The summed E-state index contributed by atoms with van der Waals surface area (Å²) in [6, 6.07) is 16.6. The minimum absolute atomic E-state index is 0. The molecule has 0 bridgehead atoms. The first kappa shape index (κ1) is 26.2. The Morgan fingerprint density at radius 1 is 1.09 bits per heavy atom. The van der Waals surface area contributed by atoms with Crippen molar-refractivity contribution < 1.29 is 14.2 Å². The molecule has 0 aromatic heterocycles. The number of morpholine rings is 1. The van der Waals surface area contributed by atoms with E-state index in [2.05, 4.69) is 45.6 Å². The van der Waals surface area contributed by atoms with Crippen LogP contribution in [0.15, 0.2) is 53.5 Å². The highest BCUT2D eigenvalue weighted by Gasteiger charge is 2.23. The molecule has 0 spiro atoms. The van der Waals surface area contributed by atoms with Gasteiger partial charge in [-0.25, -0.2) is 0 Å². The summed E-state index contributed by atoms with van der Waals surface area (Å²) < 4.78 is 16.7. The first-order chi connectivity index (χ1) is 15.2. The second-order valence-electron chi connectivity index (χ2n) is 7.48. The molecule has 2 aromatic carbocycles. The van der Waals surface area contributed by atoms with Crippen molar-refractivity contribution in [1.29, 1.82) is 0 Å². The van der Waals surface area contributed by atoms with Crippen molar-refractivity contribution in [3.8, 4) is 11.5 Å². The number of benzene rings is 2. The number of rotatable bonds is 9. The fourth-order valence-electron chi connectivity index (χ4n) is 3.63. The molecule has 1 aliphatic heterocycles. The third-order valence-electron chi connectivity index (χ3n) is 5.33. The molecule has 7 nitrogen and oxygen atoms in total. The van der Waals surface area contributed by atoms with Crippen LogP contribution in [0.2, 0.25) is 0 Å². The van der Waals surface area contributed by atoms with Crippen LogP contribution in [0.4, 0.5) is 0 Å². The van der Waals surface area contributed by atoms with Gasteiger partial charge in [0.05, 0.1) is 32.9 Å². The SMILES string of the molecule is CN=C(NCCOc1cccc(C)c1)NCC(c1ccc(OC)cc1)N1CCOCC1.I. The summed E-state index contributed by atoms with van der Waals surface area (Å²) in [4.78, 5) is 6.81. The number of methoxy groups -OCH3 is 1. The van der Waals surface area contributed by atoms with Crippen LogP contribution >= 0.6 is 24.0 Å². The van der Waals surface area contributed by atoms with Crippen molar-refractivity contribution in [2.24, 2.45) is 4.99 Å². The van der Waals surface area contributed by atoms with Crippen LogP contribution < -0.4 is 20.1 Å². The molecule has 0 amide bonds. The average Bonchev–Trinajstić information content (AvgIpc) is 2.81. The van der Waals surface area contributed by atoms with Gasteiger partial charge >= 0.3 is 0 Å². The summed E-state index contributed by atoms with van der Waals surface area (Å²) >= 11 is 0. The molecule has 8 heteroatoms. The summed E-state index contributed by atoms with van der Waals surface area (Å²) in [6.45, 7) is 7.37. The van der Waals surface area contributed by atoms with Gasteiger partial charge in [-0.15, -0.1) is 24.0 Å². The van der Waals surface area contributed by atoms with E-state index in [-0.39, 0.29) is 30.0 Å². The van der Waals surface area contributed by atoms with Gasteiger partial charge in [-0.2, -0.15) is 0 Å². The van der Waals surface area contributed by atoms with Crippen LogP contribution in [0.25, 0.3) is 0 Å². The fraction of sp³-hybridized carbons (Fsp3) is 0.458. The third-order valence-corrected chi connectivity index (χ3v) is 5.33. The Balaban J connectivity index is 0.00000363. The Morgan fingerprint density at radius 2 is 1.84 bits per heavy atom. The van der Waals surface area contributed by atoms with Crippen LogP contribution in [0.1, 0.15) is 17.2 Å². The molecular weight excluding hydrogens is 519 g/mol. The lowest BCUT2D eigenvalue weighted by Crippen LogP contribution is -2.46. The van der Waals surface area contributed by atoms with Crippen molar-refractivity contribution in [3.63, 3.8) is 0 Å². The second kappa shape index (κ2) is 14.2. The molecule has 1 saturated heterocycles. The zero-order valence-corrected chi connectivity index (χ0v) is 21.5. The first-order valence-corrected chi connectivity index (χ1v) is 10.8. The molecule has 0 saturated carbocycles. The number of halogens is 1. The van der Waals surface area contributed by atoms with Crippen LogP contribution in [-0.4, -0.2) is 71.0 Å². The van der Waals surface area contributed by atoms with E-state index in [0.29, 0.717) is 13.2 Å². The zero-order valence-electron chi connectivity index (χ0n) is 19.2. The molecule has 0 radical (unpaired) electrons. The van der Waals surface area contributed by atoms with Gasteiger partial charge in [0.25, 0.3) is 0 Å². The van der Waals surface area contributed by atoms with E-state index in [1.807, 2.05) is 30.3 Å². The summed E-state index contributed by atoms with van der Waals surface area (Å²) in [5.41, 5.74) is 2.43. The summed E-state index contributed by atoms with van der Waals surface area (Å²) in [6.07, 6.45) is 0. The molecule has 2 aromatic rings. The number of aliphatic imine (C=N–C) groups is 1. The lowest BCUT2D eigenvalue weighted by Gasteiger charge is -2.35. The Labute approximate surface area is 208 Å². The van der Waals surface area contributed by atoms with Crippen LogP contribution in [0.5, 0.6) is 11.5 Å². The Morgan fingerprint density at radius 3 is 2.50 bits per heavy atom. The summed E-state index contributed by atoms with van der Waals surface area (Å²) in [5, 5.41) is 6.80. The van der Waals surface area contributed by atoms with Crippen LogP contribution in [-0.2, 0) is 4.74 Å². The average molecular weight is 554 g/mol. The minimum atomic E-state index is 0. The number of guanidine groups is 1. The largest absolute Gasteiger partial charge is 0.497 e. The molecule has 2 N–H and O–H groups in total. The highest BCUT2D eigenvalue weighted by molar-refractivity contribution is 14.0. The van der Waals surface area contributed by atoms with Gasteiger partial charge in [-0.1, -0.05) is 24.3 Å². The zero-order chi connectivity index (χ0) is 21.9. The predicted octanol–water partition coefficient (Wildman–Crippen LogP) is 3.24. The molecular formula is C24H35IN4O3. The van der Waals surface area contributed by atoms with E-state index in [1.54, 1.807) is 14.2 Å². The van der Waals surface area contributed by atoms with E-state index in [9.17, 15) is 0 Å². The minimum Gasteiger partial charge on any atom is -0.497 e. The van der Waals surface area contributed by atoms with Crippen molar-refractivity contribution in [2.45, 2.75) is 13.0 Å². The molecule has 1 atom stereocenters. The monoisotopic (exact) mass is 554 g/mol. The molecule has 176 valence electrons. The van der Waals surface area contributed by atoms with Gasteiger partial charge in [0.2, 0.25) is 0 Å². The molecule has 32 heavy (non-hydrogen) atoms. The van der Waals surface area contributed by atoms with Crippen molar-refractivity contribution in [3.05, 3.63) is 59.7 Å². The predicted molar refractivity (Wildman–Crippen MR) is 140 cm³/mol. The van der Waals surface area contributed by atoms with E-state index in [1.165, 1.54) is 11.1 Å². The maximum Gasteiger partial charge on any atom is 0.191 e. The lowest BCUT2D eigenvalue weighted by atomic mass is 10.0. The van der Waals surface area contributed by atoms with E-state index in [4.69, 9.17) is 14.2 Å². The fourth-order valence-corrected chi connectivity index (χ4v) is 3.63. The van der Waals surface area contributed by atoms with Gasteiger partial charge in [0.1, 0.15) is 18.1 Å². The van der Waals surface area contributed by atoms with Crippen LogP contribution in [0, 0.1) is 6.92 Å². The van der Waals surface area contributed by atoms with Gasteiger partial charge < -0.3 is 24.8 Å². The highest BCUT2D eigenvalue weighted by atomic mass is 127. The molecule has 1 aliphatic rings. The normalized spacial score (nSPS) is 15.4. The summed E-state index contributed by atoms with van der Waals surface area (Å²) in [5.74, 6) is 2.51. The smallest absolute Gasteiger partial charge is 0.191 e. The third kappa shape index (κ3) is 8.14. The number of nitrogens with zero attached hydrogens (tertiary/aromatic N) is 2. The quantitative estimate of drug-likeness (QED) is 0.215. The Bertz CT molecular complexity index is 826. The topological polar surface area (TPSA) is 67.4 Å². The van der Waals surface area contributed by atoms with Gasteiger partial charge in [-0.3, -0.25) is 9.89 Å². The van der Waals surface area contributed by atoms with Crippen molar-refractivity contribution in [1.82, 2.24) is 15.5 Å². The molecule has 0 aliphatic carbocycles. The van der Waals surface area contributed by atoms with Gasteiger partial charge in [-0.05, 0) is 42.3 Å². The van der Waals surface area contributed by atoms with Gasteiger partial charge in [0, 0.05) is 26.7 Å². The Kier molecular flexibility index (Phi) is 11.6. The number of aryl methyl sites for hydroxylation is 1. The number of nitrogens with one attached hydrogen (secondary N) is 2. The summed E-state index contributed by atoms with van der Waals surface area (Å²) in [7, 11) is 3.47.